The second kappa shape index (κ2) is 4.91. The van der Waals surface area contributed by atoms with Gasteiger partial charge in [0.15, 0.2) is 0 Å². The lowest BCUT2D eigenvalue weighted by molar-refractivity contribution is -0.137. The zero-order valence-electron chi connectivity index (χ0n) is 11.1. The average molecular weight is 236 g/mol. The van der Waals surface area contributed by atoms with Crippen LogP contribution in [0.4, 0.5) is 0 Å². The van der Waals surface area contributed by atoms with Crippen LogP contribution in [0.3, 0.4) is 0 Å². The van der Waals surface area contributed by atoms with E-state index in [1.807, 2.05) is 0 Å². The first-order valence-electron chi connectivity index (χ1n) is 7.09. The molecule has 2 aliphatic rings. The van der Waals surface area contributed by atoms with Crippen molar-refractivity contribution in [1.29, 1.82) is 0 Å². The molecule has 2 heteroatoms. The Hall–Kier alpha value is -0.660. The summed E-state index contributed by atoms with van der Waals surface area (Å²) in [5.74, 6) is 1.06. The van der Waals surface area contributed by atoms with E-state index in [0.29, 0.717) is 11.6 Å². The van der Waals surface area contributed by atoms with Crippen LogP contribution in [0.2, 0.25) is 0 Å². The second-order valence-corrected chi connectivity index (χ2v) is 6.35. The van der Waals surface area contributed by atoms with Crippen LogP contribution in [-0.4, -0.2) is 11.6 Å². The van der Waals surface area contributed by atoms with Gasteiger partial charge in [-0.2, -0.15) is 0 Å². The van der Waals surface area contributed by atoms with Gasteiger partial charge in [0, 0.05) is 24.7 Å². The van der Waals surface area contributed by atoms with E-state index in [2.05, 4.69) is 13.8 Å². The third-order valence-corrected chi connectivity index (χ3v) is 4.91. The fourth-order valence-electron chi connectivity index (χ4n) is 3.78. The summed E-state index contributed by atoms with van der Waals surface area (Å²) < 4.78 is 0. The zero-order chi connectivity index (χ0) is 12.5. The van der Waals surface area contributed by atoms with Crippen LogP contribution in [-0.2, 0) is 9.59 Å². The summed E-state index contributed by atoms with van der Waals surface area (Å²) in [6.45, 7) is 4.30. The minimum absolute atomic E-state index is 0.116. The van der Waals surface area contributed by atoms with Crippen molar-refractivity contribution in [1.82, 2.24) is 0 Å². The molecule has 0 heterocycles. The summed E-state index contributed by atoms with van der Waals surface area (Å²) >= 11 is 0. The highest BCUT2D eigenvalue weighted by Gasteiger charge is 2.44. The third-order valence-electron chi connectivity index (χ3n) is 4.91. The Bertz CT molecular complexity index is 287. The lowest BCUT2D eigenvalue weighted by Gasteiger charge is -2.42. The van der Waals surface area contributed by atoms with Gasteiger partial charge in [-0.25, -0.2) is 0 Å². The molecule has 0 aromatic heterocycles. The summed E-state index contributed by atoms with van der Waals surface area (Å²) in [5.41, 5.74) is -0.116. The van der Waals surface area contributed by atoms with Crippen LogP contribution < -0.4 is 0 Å². The van der Waals surface area contributed by atoms with Crippen molar-refractivity contribution < 1.29 is 9.59 Å². The fraction of sp³-hybridized carbons (Fsp3) is 0.867. The van der Waals surface area contributed by atoms with E-state index in [1.165, 1.54) is 0 Å². The van der Waals surface area contributed by atoms with E-state index in [9.17, 15) is 9.59 Å². The molecule has 96 valence electrons. The lowest BCUT2D eigenvalue weighted by atomic mass is 9.60. The SMILES string of the molecule is CC(C)(C1CCCCC1=O)C1CCCCC1=O. The molecule has 0 saturated heterocycles. The average Bonchev–Trinajstić information content (AvgIpc) is 2.29. The smallest absolute Gasteiger partial charge is 0.136 e. The Morgan fingerprint density at radius 3 is 1.59 bits per heavy atom. The van der Waals surface area contributed by atoms with Gasteiger partial charge in [-0.1, -0.05) is 26.7 Å². The molecule has 0 amide bonds. The minimum atomic E-state index is -0.116. The topological polar surface area (TPSA) is 34.1 Å². The Morgan fingerprint density at radius 1 is 0.824 bits per heavy atom. The third kappa shape index (κ3) is 2.46. The Labute approximate surface area is 104 Å². The molecule has 17 heavy (non-hydrogen) atoms. The quantitative estimate of drug-likeness (QED) is 0.735. The van der Waals surface area contributed by atoms with Crippen LogP contribution in [0.1, 0.15) is 65.2 Å². The van der Waals surface area contributed by atoms with Gasteiger partial charge in [0.05, 0.1) is 0 Å². The summed E-state index contributed by atoms with van der Waals surface area (Å²) in [4.78, 5) is 24.2. The van der Waals surface area contributed by atoms with Gasteiger partial charge in [-0.05, 0) is 31.1 Å². The Kier molecular flexibility index (Phi) is 3.70. The summed E-state index contributed by atoms with van der Waals surface area (Å²) in [7, 11) is 0. The largest absolute Gasteiger partial charge is 0.299 e. The molecular formula is C15H24O2. The van der Waals surface area contributed by atoms with E-state index >= 15 is 0 Å². The van der Waals surface area contributed by atoms with Gasteiger partial charge in [-0.3, -0.25) is 9.59 Å². The molecule has 0 bridgehead atoms. The van der Waals surface area contributed by atoms with Crippen molar-refractivity contribution in [3.05, 3.63) is 0 Å². The zero-order valence-corrected chi connectivity index (χ0v) is 11.1. The standard InChI is InChI=1S/C15H24O2/c1-15(2,11-7-3-5-9-13(11)16)12-8-4-6-10-14(12)17/h11-12H,3-10H2,1-2H3. The van der Waals surface area contributed by atoms with E-state index in [1.54, 1.807) is 0 Å². The maximum Gasteiger partial charge on any atom is 0.136 e. The molecule has 2 unspecified atom stereocenters. The molecule has 0 aromatic rings. The highest BCUT2D eigenvalue weighted by molar-refractivity contribution is 5.86. The first-order valence-corrected chi connectivity index (χ1v) is 7.09. The molecule has 0 aliphatic heterocycles. The minimum Gasteiger partial charge on any atom is -0.299 e. The molecule has 2 fully saturated rings. The highest BCUT2D eigenvalue weighted by Crippen LogP contribution is 2.45. The second-order valence-electron chi connectivity index (χ2n) is 6.35. The monoisotopic (exact) mass is 236 g/mol. The predicted octanol–water partition coefficient (Wildman–Crippen LogP) is 3.53. The number of Topliss-reactive ketones (excluding diaryl/α,β-unsaturated/α-hetero) is 2. The number of carbonyl (C=O) groups excluding carboxylic acids is 2. The van der Waals surface area contributed by atoms with Crippen molar-refractivity contribution in [3.8, 4) is 0 Å². The molecule has 2 aliphatic carbocycles. The van der Waals surface area contributed by atoms with Crippen molar-refractivity contribution in [2.24, 2.45) is 17.3 Å². The molecule has 0 radical (unpaired) electrons. The van der Waals surface area contributed by atoms with Crippen molar-refractivity contribution >= 4 is 11.6 Å². The van der Waals surface area contributed by atoms with Crippen molar-refractivity contribution in [3.63, 3.8) is 0 Å². The van der Waals surface area contributed by atoms with Gasteiger partial charge < -0.3 is 0 Å². The van der Waals surface area contributed by atoms with Gasteiger partial charge in [0.2, 0.25) is 0 Å². The number of ketones is 2. The predicted molar refractivity (Wildman–Crippen MR) is 67.7 cm³/mol. The Morgan fingerprint density at radius 2 is 1.24 bits per heavy atom. The molecule has 0 spiro atoms. The van der Waals surface area contributed by atoms with Gasteiger partial charge in [-0.15, -0.1) is 0 Å². The number of rotatable bonds is 2. The van der Waals surface area contributed by atoms with Gasteiger partial charge in [0.1, 0.15) is 11.6 Å². The van der Waals surface area contributed by atoms with E-state index in [0.717, 1.165) is 51.4 Å². The summed E-state index contributed by atoms with van der Waals surface area (Å²) in [6.07, 6.45) is 7.85. The van der Waals surface area contributed by atoms with E-state index in [4.69, 9.17) is 0 Å². The number of carbonyl (C=O) groups is 2. The van der Waals surface area contributed by atoms with Crippen molar-refractivity contribution in [2.45, 2.75) is 65.2 Å². The van der Waals surface area contributed by atoms with Gasteiger partial charge in [0.25, 0.3) is 0 Å². The first-order chi connectivity index (χ1) is 8.03. The highest BCUT2D eigenvalue weighted by atomic mass is 16.1. The molecule has 2 nitrogen and oxygen atoms in total. The molecule has 0 aromatic carbocycles. The van der Waals surface area contributed by atoms with E-state index in [-0.39, 0.29) is 17.3 Å². The fourth-order valence-corrected chi connectivity index (χ4v) is 3.78. The normalized spacial score (nSPS) is 31.6. The number of hydrogen-bond donors (Lipinski definition) is 0. The molecule has 0 N–H and O–H groups in total. The van der Waals surface area contributed by atoms with Crippen LogP contribution in [0.15, 0.2) is 0 Å². The van der Waals surface area contributed by atoms with Crippen LogP contribution >= 0.6 is 0 Å². The Balaban J connectivity index is 2.15. The van der Waals surface area contributed by atoms with Crippen LogP contribution in [0.5, 0.6) is 0 Å². The summed E-state index contributed by atoms with van der Waals surface area (Å²) in [5, 5.41) is 0. The van der Waals surface area contributed by atoms with Crippen LogP contribution in [0, 0.1) is 17.3 Å². The first kappa shape index (κ1) is 12.8. The maximum absolute atomic E-state index is 12.1. The number of hydrogen-bond acceptors (Lipinski definition) is 2. The van der Waals surface area contributed by atoms with Gasteiger partial charge >= 0.3 is 0 Å². The maximum atomic E-state index is 12.1. The molecular weight excluding hydrogens is 212 g/mol. The summed E-state index contributed by atoms with van der Waals surface area (Å²) in [6, 6.07) is 0. The van der Waals surface area contributed by atoms with Crippen LogP contribution in [0.25, 0.3) is 0 Å². The lowest BCUT2D eigenvalue weighted by Crippen LogP contribution is -2.43. The van der Waals surface area contributed by atoms with Crippen molar-refractivity contribution in [2.75, 3.05) is 0 Å². The molecule has 2 atom stereocenters. The van der Waals surface area contributed by atoms with E-state index < -0.39 is 0 Å². The molecule has 2 rings (SSSR count). The molecule has 2 saturated carbocycles.